The van der Waals surface area contributed by atoms with Crippen LogP contribution in [-0.2, 0) is 11.3 Å². The van der Waals surface area contributed by atoms with E-state index in [1.54, 1.807) is 7.11 Å². The Morgan fingerprint density at radius 2 is 2.00 bits per heavy atom. The van der Waals surface area contributed by atoms with Crippen molar-refractivity contribution in [3.63, 3.8) is 0 Å². The van der Waals surface area contributed by atoms with E-state index in [4.69, 9.17) is 10.5 Å². The fourth-order valence-electron chi connectivity index (χ4n) is 2.18. The van der Waals surface area contributed by atoms with Gasteiger partial charge in [0.15, 0.2) is 5.96 Å². The van der Waals surface area contributed by atoms with Gasteiger partial charge in [-0.15, -0.1) is 0 Å². The molecule has 0 atom stereocenters. The van der Waals surface area contributed by atoms with Gasteiger partial charge in [-0.3, -0.25) is 0 Å². The normalized spacial score (nSPS) is 18.1. The van der Waals surface area contributed by atoms with Crippen molar-refractivity contribution in [1.82, 2.24) is 4.90 Å². The quantitative estimate of drug-likeness (QED) is 0.652. The lowest BCUT2D eigenvalue weighted by molar-refractivity contribution is 0.0575. The molecule has 1 aliphatic heterocycles. The number of methoxy groups -OCH3 is 1. The predicted octanol–water partition coefficient (Wildman–Crippen LogP) is 1.61. The molecule has 1 saturated heterocycles. The van der Waals surface area contributed by atoms with Gasteiger partial charge < -0.3 is 15.4 Å². The van der Waals surface area contributed by atoms with Crippen LogP contribution < -0.4 is 5.73 Å². The van der Waals surface area contributed by atoms with Gasteiger partial charge in [-0.25, -0.2) is 4.99 Å². The van der Waals surface area contributed by atoms with Gasteiger partial charge in [-0.1, -0.05) is 30.3 Å². The number of nitrogens with two attached hydrogens (primary N) is 1. The maximum Gasteiger partial charge on any atom is 0.191 e. The van der Waals surface area contributed by atoms with Crippen molar-refractivity contribution in [2.75, 3.05) is 20.2 Å². The van der Waals surface area contributed by atoms with Crippen molar-refractivity contribution in [1.29, 1.82) is 0 Å². The molecule has 1 aromatic carbocycles. The zero-order chi connectivity index (χ0) is 12.8. The van der Waals surface area contributed by atoms with Crippen LogP contribution in [0.4, 0.5) is 0 Å². The highest BCUT2D eigenvalue weighted by Gasteiger charge is 2.19. The van der Waals surface area contributed by atoms with E-state index in [0.717, 1.165) is 25.9 Å². The third-order valence-corrected chi connectivity index (χ3v) is 3.37. The van der Waals surface area contributed by atoms with Crippen LogP contribution in [0.3, 0.4) is 0 Å². The van der Waals surface area contributed by atoms with Crippen molar-refractivity contribution in [3.05, 3.63) is 35.9 Å². The Bertz CT molecular complexity index is 383. The van der Waals surface area contributed by atoms with Crippen molar-refractivity contribution in [2.45, 2.75) is 25.5 Å². The molecular formula is C14H21N3O. The molecule has 2 N–H and O–H groups in total. The third-order valence-electron chi connectivity index (χ3n) is 3.37. The van der Waals surface area contributed by atoms with E-state index in [1.807, 2.05) is 18.2 Å². The molecule has 0 unspecified atom stereocenters. The molecule has 0 aliphatic carbocycles. The number of likely N-dealkylation sites (tertiary alicyclic amines) is 1. The van der Waals surface area contributed by atoms with Crippen molar-refractivity contribution >= 4 is 5.96 Å². The molecule has 0 amide bonds. The Kier molecular flexibility index (Phi) is 4.59. The summed E-state index contributed by atoms with van der Waals surface area (Å²) < 4.78 is 5.34. The van der Waals surface area contributed by atoms with E-state index in [9.17, 15) is 0 Å². The number of nitrogens with zero attached hydrogens (tertiary/aromatic N) is 2. The summed E-state index contributed by atoms with van der Waals surface area (Å²) in [5.41, 5.74) is 7.21. The number of aliphatic imine (C=N–C) groups is 1. The molecule has 4 nitrogen and oxygen atoms in total. The average molecular weight is 247 g/mol. The minimum Gasteiger partial charge on any atom is -0.381 e. The van der Waals surface area contributed by atoms with E-state index < -0.39 is 0 Å². The molecule has 1 aromatic rings. The first-order valence-electron chi connectivity index (χ1n) is 6.41. The second kappa shape index (κ2) is 6.40. The summed E-state index contributed by atoms with van der Waals surface area (Å²) in [6.45, 7) is 2.52. The number of hydrogen-bond acceptors (Lipinski definition) is 2. The van der Waals surface area contributed by atoms with E-state index >= 15 is 0 Å². The fourth-order valence-corrected chi connectivity index (χ4v) is 2.18. The molecule has 0 radical (unpaired) electrons. The fraction of sp³-hybridized carbons (Fsp3) is 0.500. The van der Waals surface area contributed by atoms with Crippen molar-refractivity contribution in [2.24, 2.45) is 10.7 Å². The lowest BCUT2D eigenvalue weighted by Crippen LogP contribution is -2.44. The van der Waals surface area contributed by atoms with Gasteiger partial charge >= 0.3 is 0 Å². The summed E-state index contributed by atoms with van der Waals surface area (Å²) in [5, 5.41) is 0. The highest BCUT2D eigenvalue weighted by Crippen LogP contribution is 2.12. The lowest BCUT2D eigenvalue weighted by Gasteiger charge is -2.31. The Balaban J connectivity index is 1.86. The van der Waals surface area contributed by atoms with Crippen LogP contribution in [0.2, 0.25) is 0 Å². The first-order chi connectivity index (χ1) is 8.79. The van der Waals surface area contributed by atoms with E-state index in [0.29, 0.717) is 18.6 Å². The van der Waals surface area contributed by atoms with Crippen LogP contribution in [0.1, 0.15) is 18.4 Å². The van der Waals surface area contributed by atoms with Gasteiger partial charge in [0.05, 0.1) is 12.6 Å². The molecule has 0 aromatic heterocycles. The molecule has 1 aliphatic rings. The minimum atomic E-state index is 0.378. The maximum absolute atomic E-state index is 6.02. The van der Waals surface area contributed by atoms with E-state index in [2.05, 4.69) is 22.0 Å². The van der Waals surface area contributed by atoms with Gasteiger partial charge in [0.1, 0.15) is 0 Å². The molecule has 1 fully saturated rings. The molecule has 1 heterocycles. The summed E-state index contributed by atoms with van der Waals surface area (Å²) in [6, 6.07) is 10.2. The van der Waals surface area contributed by atoms with Gasteiger partial charge in [0.2, 0.25) is 0 Å². The topological polar surface area (TPSA) is 50.9 Å². The largest absolute Gasteiger partial charge is 0.381 e. The summed E-state index contributed by atoms with van der Waals surface area (Å²) in [7, 11) is 1.77. The number of piperidine rings is 1. The highest BCUT2D eigenvalue weighted by molar-refractivity contribution is 5.78. The van der Waals surface area contributed by atoms with Crippen LogP contribution in [0.5, 0.6) is 0 Å². The van der Waals surface area contributed by atoms with Gasteiger partial charge in [0.25, 0.3) is 0 Å². The van der Waals surface area contributed by atoms with Crippen LogP contribution in [-0.4, -0.2) is 37.2 Å². The van der Waals surface area contributed by atoms with Gasteiger partial charge in [-0.2, -0.15) is 0 Å². The van der Waals surface area contributed by atoms with Crippen LogP contribution >= 0.6 is 0 Å². The minimum absolute atomic E-state index is 0.378. The Morgan fingerprint density at radius 1 is 1.33 bits per heavy atom. The number of benzene rings is 1. The molecule has 0 saturated carbocycles. The summed E-state index contributed by atoms with van der Waals surface area (Å²) in [4.78, 5) is 6.59. The molecule has 98 valence electrons. The summed E-state index contributed by atoms with van der Waals surface area (Å²) in [6.07, 6.45) is 2.43. The Labute approximate surface area is 108 Å². The second-order valence-electron chi connectivity index (χ2n) is 4.58. The molecule has 2 rings (SSSR count). The summed E-state index contributed by atoms with van der Waals surface area (Å²) >= 11 is 0. The first-order valence-corrected chi connectivity index (χ1v) is 6.41. The summed E-state index contributed by atoms with van der Waals surface area (Å²) in [5.74, 6) is 0.647. The van der Waals surface area contributed by atoms with E-state index in [1.165, 1.54) is 5.56 Å². The zero-order valence-electron chi connectivity index (χ0n) is 10.9. The second-order valence-corrected chi connectivity index (χ2v) is 4.58. The smallest absolute Gasteiger partial charge is 0.191 e. The van der Waals surface area contributed by atoms with Crippen molar-refractivity contribution in [3.8, 4) is 0 Å². The molecule has 0 spiro atoms. The highest BCUT2D eigenvalue weighted by atomic mass is 16.5. The van der Waals surface area contributed by atoms with Crippen LogP contribution in [0, 0.1) is 0 Å². The number of rotatable bonds is 3. The Morgan fingerprint density at radius 3 is 2.61 bits per heavy atom. The number of ether oxygens (including phenoxy) is 1. The maximum atomic E-state index is 6.02. The lowest BCUT2D eigenvalue weighted by atomic mass is 10.1. The first kappa shape index (κ1) is 12.9. The molecule has 18 heavy (non-hydrogen) atoms. The van der Waals surface area contributed by atoms with E-state index in [-0.39, 0.29) is 0 Å². The standard InChI is InChI=1S/C14H21N3O/c1-18-13-7-9-17(10-8-13)14(15)16-11-12-5-3-2-4-6-12/h2-6,13H,7-11H2,1H3,(H2,15,16). The number of hydrogen-bond donors (Lipinski definition) is 1. The monoisotopic (exact) mass is 247 g/mol. The average Bonchev–Trinajstić information content (AvgIpc) is 2.46. The Hall–Kier alpha value is -1.55. The number of guanidine groups is 1. The molecular weight excluding hydrogens is 226 g/mol. The third kappa shape index (κ3) is 3.47. The van der Waals surface area contributed by atoms with Crippen LogP contribution in [0.25, 0.3) is 0 Å². The van der Waals surface area contributed by atoms with Gasteiger partial charge in [-0.05, 0) is 18.4 Å². The zero-order valence-corrected chi connectivity index (χ0v) is 10.9. The van der Waals surface area contributed by atoms with Crippen LogP contribution in [0.15, 0.2) is 35.3 Å². The predicted molar refractivity (Wildman–Crippen MR) is 73.4 cm³/mol. The van der Waals surface area contributed by atoms with Crippen molar-refractivity contribution < 1.29 is 4.74 Å². The molecule has 0 bridgehead atoms. The van der Waals surface area contributed by atoms with Gasteiger partial charge in [0, 0.05) is 20.2 Å². The SMILES string of the molecule is COC1CCN(C(N)=NCc2ccccc2)CC1. The molecule has 4 heteroatoms.